The lowest BCUT2D eigenvalue weighted by Gasteiger charge is -2.15. The third kappa shape index (κ3) is 4.22. The normalized spacial score (nSPS) is 12.0. The smallest absolute Gasteiger partial charge is 0.341 e. The number of aromatic nitrogens is 2. The van der Waals surface area contributed by atoms with Gasteiger partial charge in [0.05, 0.1) is 12.0 Å². The van der Waals surface area contributed by atoms with Gasteiger partial charge in [0, 0.05) is 13.6 Å². The van der Waals surface area contributed by atoms with Gasteiger partial charge in [0.2, 0.25) is 5.89 Å². The van der Waals surface area contributed by atoms with E-state index in [0.717, 1.165) is 18.7 Å². The van der Waals surface area contributed by atoms with Gasteiger partial charge in [-0.05, 0) is 28.8 Å². The molecule has 1 heterocycles. The van der Waals surface area contributed by atoms with Crippen LogP contribution in [0.5, 0.6) is 0 Å². The largest absolute Gasteiger partial charge is 0.416 e. The maximum absolute atomic E-state index is 12.5. The number of halogens is 3. The quantitative estimate of drug-likeness (QED) is 0.842. The van der Waals surface area contributed by atoms with E-state index in [4.69, 9.17) is 4.52 Å². The van der Waals surface area contributed by atoms with Crippen molar-refractivity contribution >= 4 is 5.95 Å². The standard InChI is InChI=1S/C15H18F3N3O/c1-10(2)9-21(3)14-19-13(22-20-14)8-11-4-6-12(7-5-11)15(16,17)18/h4-7,10H,8-9H2,1-3H3. The molecule has 0 N–H and O–H groups in total. The molecule has 0 radical (unpaired) electrons. The maximum Gasteiger partial charge on any atom is 0.416 e. The molecule has 0 spiro atoms. The van der Waals surface area contributed by atoms with Crippen LogP contribution in [0.15, 0.2) is 28.8 Å². The zero-order chi connectivity index (χ0) is 16.3. The van der Waals surface area contributed by atoms with Crippen LogP contribution in [-0.4, -0.2) is 23.7 Å². The van der Waals surface area contributed by atoms with E-state index in [1.807, 2.05) is 11.9 Å². The van der Waals surface area contributed by atoms with Crippen LogP contribution in [0.25, 0.3) is 0 Å². The summed E-state index contributed by atoms with van der Waals surface area (Å²) in [4.78, 5) is 6.14. The summed E-state index contributed by atoms with van der Waals surface area (Å²) in [5, 5.41) is 3.88. The molecule has 0 atom stereocenters. The van der Waals surface area contributed by atoms with E-state index < -0.39 is 11.7 Å². The van der Waals surface area contributed by atoms with Crippen molar-refractivity contribution in [3.63, 3.8) is 0 Å². The first kappa shape index (κ1) is 16.3. The lowest BCUT2D eigenvalue weighted by Crippen LogP contribution is -2.23. The minimum atomic E-state index is -4.32. The highest BCUT2D eigenvalue weighted by Gasteiger charge is 2.29. The Balaban J connectivity index is 2.04. The van der Waals surface area contributed by atoms with Gasteiger partial charge < -0.3 is 9.42 Å². The van der Waals surface area contributed by atoms with Gasteiger partial charge in [0.15, 0.2) is 0 Å². The Bertz CT molecular complexity index is 605. The number of benzene rings is 1. The van der Waals surface area contributed by atoms with E-state index in [0.29, 0.717) is 29.7 Å². The SMILES string of the molecule is CC(C)CN(C)c1noc(Cc2ccc(C(F)(F)F)cc2)n1. The fourth-order valence-corrected chi connectivity index (χ4v) is 2.09. The maximum atomic E-state index is 12.5. The second-order valence-corrected chi connectivity index (χ2v) is 5.63. The predicted molar refractivity (Wildman–Crippen MR) is 76.7 cm³/mol. The highest BCUT2D eigenvalue weighted by atomic mass is 19.4. The zero-order valence-corrected chi connectivity index (χ0v) is 12.7. The summed E-state index contributed by atoms with van der Waals surface area (Å²) in [6, 6.07) is 4.95. The molecule has 1 aromatic heterocycles. The Morgan fingerprint density at radius 3 is 2.36 bits per heavy atom. The highest BCUT2D eigenvalue weighted by molar-refractivity contribution is 5.29. The Morgan fingerprint density at radius 1 is 1.18 bits per heavy atom. The number of rotatable bonds is 5. The Labute approximate surface area is 126 Å². The molecule has 0 saturated heterocycles. The van der Waals surface area contributed by atoms with Crippen molar-refractivity contribution in [3.05, 3.63) is 41.3 Å². The van der Waals surface area contributed by atoms with E-state index >= 15 is 0 Å². The number of anilines is 1. The zero-order valence-electron chi connectivity index (χ0n) is 12.7. The monoisotopic (exact) mass is 313 g/mol. The summed E-state index contributed by atoms with van der Waals surface area (Å²) < 4.78 is 42.6. The van der Waals surface area contributed by atoms with Crippen molar-refractivity contribution < 1.29 is 17.7 Å². The fourth-order valence-electron chi connectivity index (χ4n) is 2.09. The number of alkyl halides is 3. The molecule has 120 valence electrons. The molecule has 0 amide bonds. The number of hydrogen-bond acceptors (Lipinski definition) is 4. The van der Waals surface area contributed by atoms with Crippen LogP contribution in [0, 0.1) is 5.92 Å². The van der Waals surface area contributed by atoms with Gasteiger partial charge in [-0.2, -0.15) is 18.2 Å². The number of nitrogens with zero attached hydrogens (tertiary/aromatic N) is 3. The first-order chi connectivity index (χ1) is 10.3. The van der Waals surface area contributed by atoms with Crippen molar-refractivity contribution in [2.24, 2.45) is 5.92 Å². The van der Waals surface area contributed by atoms with E-state index in [2.05, 4.69) is 24.0 Å². The van der Waals surface area contributed by atoms with Crippen LogP contribution in [-0.2, 0) is 12.6 Å². The fraction of sp³-hybridized carbons (Fsp3) is 0.467. The minimum absolute atomic E-state index is 0.306. The van der Waals surface area contributed by atoms with Gasteiger partial charge in [0.25, 0.3) is 5.95 Å². The van der Waals surface area contributed by atoms with Crippen LogP contribution in [0.2, 0.25) is 0 Å². The van der Waals surface area contributed by atoms with Gasteiger partial charge in [-0.15, -0.1) is 0 Å². The van der Waals surface area contributed by atoms with E-state index in [9.17, 15) is 13.2 Å². The van der Waals surface area contributed by atoms with E-state index in [-0.39, 0.29) is 0 Å². The van der Waals surface area contributed by atoms with Gasteiger partial charge in [-0.1, -0.05) is 26.0 Å². The molecular weight excluding hydrogens is 295 g/mol. The summed E-state index contributed by atoms with van der Waals surface area (Å²) >= 11 is 0. The molecule has 22 heavy (non-hydrogen) atoms. The Hall–Kier alpha value is -2.05. The van der Waals surface area contributed by atoms with Crippen molar-refractivity contribution in [2.75, 3.05) is 18.5 Å². The average Bonchev–Trinajstić information content (AvgIpc) is 2.86. The second kappa shape index (κ2) is 6.37. The third-order valence-corrected chi connectivity index (χ3v) is 3.07. The van der Waals surface area contributed by atoms with Crippen LogP contribution >= 0.6 is 0 Å². The average molecular weight is 313 g/mol. The van der Waals surface area contributed by atoms with Crippen molar-refractivity contribution in [3.8, 4) is 0 Å². The molecule has 0 unspecified atom stereocenters. The molecule has 0 bridgehead atoms. The van der Waals surface area contributed by atoms with Crippen LogP contribution in [0.4, 0.5) is 19.1 Å². The van der Waals surface area contributed by atoms with Crippen LogP contribution in [0.3, 0.4) is 0 Å². The molecule has 2 rings (SSSR count). The summed E-state index contributed by atoms with van der Waals surface area (Å²) in [6.07, 6.45) is -4.02. The molecule has 0 saturated carbocycles. The molecule has 4 nitrogen and oxygen atoms in total. The molecule has 2 aromatic rings. The topological polar surface area (TPSA) is 42.2 Å². The highest BCUT2D eigenvalue weighted by Crippen LogP contribution is 2.29. The molecular formula is C15H18F3N3O. The first-order valence-electron chi connectivity index (χ1n) is 6.95. The predicted octanol–water partition coefficient (Wildman–Crippen LogP) is 3.77. The van der Waals surface area contributed by atoms with Crippen molar-refractivity contribution in [1.29, 1.82) is 0 Å². The van der Waals surface area contributed by atoms with Crippen LogP contribution in [0.1, 0.15) is 30.9 Å². The summed E-state index contributed by atoms with van der Waals surface area (Å²) in [6.45, 7) is 4.96. The molecule has 0 aliphatic carbocycles. The van der Waals surface area contributed by atoms with Gasteiger partial charge in [0.1, 0.15) is 0 Å². The molecule has 0 fully saturated rings. The van der Waals surface area contributed by atoms with Crippen LogP contribution < -0.4 is 4.90 Å². The second-order valence-electron chi connectivity index (χ2n) is 5.63. The number of hydrogen-bond donors (Lipinski definition) is 0. The Morgan fingerprint density at radius 2 is 1.82 bits per heavy atom. The summed E-state index contributed by atoms with van der Waals surface area (Å²) in [5.41, 5.74) is 0.0221. The molecule has 7 heteroatoms. The van der Waals surface area contributed by atoms with E-state index in [1.165, 1.54) is 12.1 Å². The molecule has 0 aliphatic rings. The first-order valence-corrected chi connectivity index (χ1v) is 6.95. The lowest BCUT2D eigenvalue weighted by atomic mass is 10.1. The van der Waals surface area contributed by atoms with Crippen molar-refractivity contribution in [1.82, 2.24) is 10.1 Å². The molecule has 1 aromatic carbocycles. The van der Waals surface area contributed by atoms with Crippen molar-refractivity contribution in [2.45, 2.75) is 26.4 Å². The summed E-state index contributed by atoms with van der Waals surface area (Å²) in [7, 11) is 1.87. The van der Waals surface area contributed by atoms with E-state index in [1.54, 1.807) is 0 Å². The Kier molecular flexibility index (Phi) is 4.73. The molecule has 0 aliphatic heterocycles. The third-order valence-electron chi connectivity index (χ3n) is 3.07. The van der Waals surface area contributed by atoms with Gasteiger partial charge in [-0.3, -0.25) is 0 Å². The minimum Gasteiger partial charge on any atom is -0.341 e. The lowest BCUT2D eigenvalue weighted by molar-refractivity contribution is -0.137. The summed E-state index contributed by atoms with van der Waals surface area (Å²) in [5.74, 6) is 1.32. The van der Waals surface area contributed by atoms with Gasteiger partial charge in [-0.25, -0.2) is 0 Å². The van der Waals surface area contributed by atoms with Gasteiger partial charge >= 0.3 is 6.18 Å².